The lowest BCUT2D eigenvalue weighted by Crippen LogP contribution is -2.47. The molecule has 1 atom stereocenters. The number of thiophene rings is 1. The van der Waals surface area contributed by atoms with E-state index < -0.39 is 17.9 Å². The molecule has 0 saturated carbocycles. The zero-order chi connectivity index (χ0) is 19.8. The number of hydrogen-bond donors (Lipinski definition) is 1. The zero-order valence-electron chi connectivity index (χ0n) is 15.3. The summed E-state index contributed by atoms with van der Waals surface area (Å²) < 4.78 is 0. The highest BCUT2D eigenvalue weighted by Crippen LogP contribution is 2.29. The number of nitrogens with one attached hydrogen (secondary N) is 1. The average molecular weight is 412 g/mol. The lowest BCUT2D eigenvalue weighted by Gasteiger charge is -2.21. The van der Waals surface area contributed by atoms with Crippen molar-refractivity contribution in [2.45, 2.75) is 26.4 Å². The molecule has 3 amide bonds. The van der Waals surface area contributed by atoms with Gasteiger partial charge in [0.05, 0.1) is 33.3 Å². The molecule has 0 spiro atoms. The summed E-state index contributed by atoms with van der Waals surface area (Å²) in [6.07, 6.45) is 0. The number of carbonyl (C=O) groups excluding carboxylic acids is 3. The molecule has 4 rings (SSSR count). The second kappa shape index (κ2) is 7.29. The molecular formula is C20H17N3O3S2. The third-order valence-corrected chi connectivity index (χ3v) is 6.44. The van der Waals surface area contributed by atoms with Gasteiger partial charge in [0.2, 0.25) is 5.91 Å². The van der Waals surface area contributed by atoms with E-state index in [4.69, 9.17) is 0 Å². The Morgan fingerprint density at radius 3 is 2.43 bits per heavy atom. The molecule has 1 aromatic carbocycles. The van der Waals surface area contributed by atoms with E-state index in [-0.39, 0.29) is 5.91 Å². The first-order chi connectivity index (χ1) is 13.5. The predicted molar refractivity (Wildman–Crippen MR) is 108 cm³/mol. The average Bonchev–Trinajstić information content (AvgIpc) is 3.39. The predicted octanol–water partition coefficient (Wildman–Crippen LogP) is 3.48. The Hall–Kier alpha value is -2.84. The number of carbonyl (C=O) groups is 3. The van der Waals surface area contributed by atoms with Gasteiger partial charge < -0.3 is 5.32 Å². The van der Waals surface area contributed by atoms with Crippen LogP contribution in [-0.4, -0.2) is 33.6 Å². The molecule has 1 aliphatic heterocycles. The molecule has 0 bridgehead atoms. The molecule has 8 heteroatoms. The smallest absolute Gasteiger partial charge is 0.262 e. The minimum Gasteiger partial charge on any atom is -0.349 e. The molecule has 0 radical (unpaired) electrons. The van der Waals surface area contributed by atoms with Gasteiger partial charge >= 0.3 is 0 Å². The SMILES string of the molecule is Cc1nc(-c2ccc(CNC(=O)C(C)N3C(=O)c4ccccc4C3=O)s2)cs1. The van der Waals surface area contributed by atoms with Gasteiger partial charge in [0, 0.05) is 10.3 Å². The normalized spacial score (nSPS) is 14.3. The quantitative estimate of drug-likeness (QED) is 0.652. The van der Waals surface area contributed by atoms with Gasteiger partial charge in [0.1, 0.15) is 6.04 Å². The van der Waals surface area contributed by atoms with E-state index in [0.717, 1.165) is 25.4 Å². The fourth-order valence-corrected chi connectivity index (χ4v) is 4.68. The largest absolute Gasteiger partial charge is 0.349 e. The molecule has 0 aliphatic carbocycles. The van der Waals surface area contributed by atoms with Gasteiger partial charge in [-0.25, -0.2) is 4.98 Å². The number of benzene rings is 1. The standard InChI is InChI=1S/C20H17N3O3S2/c1-11(23-19(25)14-5-3-4-6-15(14)20(23)26)18(24)21-9-13-7-8-17(28-13)16-10-27-12(2)22-16/h3-8,10-11H,9H2,1-2H3,(H,21,24). The summed E-state index contributed by atoms with van der Waals surface area (Å²) in [7, 11) is 0. The minimum atomic E-state index is -0.881. The summed E-state index contributed by atoms with van der Waals surface area (Å²) in [5.41, 5.74) is 1.62. The Bertz CT molecular complexity index is 1050. The van der Waals surface area contributed by atoms with E-state index in [0.29, 0.717) is 17.7 Å². The van der Waals surface area contributed by atoms with Crippen LogP contribution in [0, 0.1) is 6.92 Å². The molecule has 3 heterocycles. The van der Waals surface area contributed by atoms with E-state index >= 15 is 0 Å². The maximum absolute atomic E-state index is 12.6. The highest BCUT2D eigenvalue weighted by Gasteiger charge is 2.40. The molecule has 3 aromatic rings. The summed E-state index contributed by atoms with van der Waals surface area (Å²) in [5, 5.41) is 5.84. The van der Waals surface area contributed by atoms with Crippen molar-refractivity contribution in [3.05, 3.63) is 62.8 Å². The topological polar surface area (TPSA) is 79.4 Å². The maximum atomic E-state index is 12.6. The van der Waals surface area contributed by atoms with E-state index in [1.807, 2.05) is 24.4 Å². The fraction of sp³-hybridized carbons (Fsp3) is 0.200. The Labute approximate surface area is 169 Å². The highest BCUT2D eigenvalue weighted by atomic mass is 32.1. The van der Waals surface area contributed by atoms with Crippen molar-refractivity contribution < 1.29 is 14.4 Å². The van der Waals surface area contributed by atoms with Crippen LogP contribution in [-0.2, 0) is 11.3 Å². The zero-order valence-corrected chi connectivity index (χ0v) is 16.9. The van der Waals surface area contributed by atoms with Gasteiger partial charge in [-0.2, -0.15) is 0 Å². The third-order valence-electron chi connectivity index (χ3n) is 4.56. The van der Waals surface area contributed by atoms with Crippen LogP contribution in [0.3, 0.4) is 0 Å². The number of hydrogen-bond acceptors (Lipinski definition) is 6. The van der Waals surface area contributed by atoms with E-state index in [9.17, 15) is 14.4 Å². The molecule has 6 nitrogen and oxygen atoms in total. The van der Waals surface area contributed by atoms with Gasteiger partial charge in [-0.3, -0.25) is 19.3 Å². The summed E-state index contributed by atoms with van der Waals surface area (Å²) in [6.45, 7) is 3.86. The number of rotatable bonds is 5. The van der Waals surface area contributed by atoms with Crippen molar-refractivity contribution >= 4 is 40.4 Å². The lowest BCUT2D eigenvalue weighted by atomic mass is 10.1. The van der Waals surface area contributed by atoms with Crippen molar-refractivity contribution in [2.75, 3.05) is 0 Å². The van der Waals surface area contributed by atoms with Gasteiger partial charge in [0.15, 0.2) is 0 Å². The first kappa shape index (κ1) is 18.5. The Morgan fingerprint density at radius 2 is 1.82 bits per heavy atom. The summed E-state index contributed by atoms with van der Waals surface area (Å²) in [5.74, 6) is -1.23. The number of aryl methyl sites for hydroxylation is 1. The van der Waals surface area contributed by atoms with E-state index in [2.05, 4.69) is 10.3 Å². The van der Waals surface area contributed by atoms with E-state index in [1.54, 1.807) is 53.9 Å². The number of aromatic nitrogens is 1. The van der Waals surface area contributed by atoms with Gasteiger partial charge in [-0.1, -0.05) is 12.1 Å². The van der Waals surface area contributed by atoms with Crippen molar-refractivity contribution in [3.8, 4) is 10.6 Å². The van der Waals surface area contributed by atoms with Crippen LogP contribution >= 0.6 is 22.7 Å². The van der Waals surface area contributed by atoms with Gasteiger partial charge in [-0.05, 0) is 38.1 Å². The van der Waals surface area contributed by atoms with E-state index in [1.165, 1.54) is 0 Å². The number of thiazole rings is 1. The Balaban J connectivity index is 1.41. The molecule has 0 fully saturated rings. The monoisotopic (exact) mass is 411 g/mol. The summed E-state index contributed by atoms with van der Waals surface area (Å²) in [4.78, 5) is 45.1. The van der Waals surface area contributed by atoms with Gasteiger partial charge in [0.25, 0.3) is 11.8 Å². The van der Waals surface area contributed by atoms with Crippen molar-refractivity contribution in [3.63, 3.8) is 0 Å². The van der Waals surface area contributed by atoms with Crippen LogP contribution in [0.15, 0.2) is 41.8 Å². The molecule has 142 valence electrons. The minimum absolute atomic E-state index is 0.333. The van der Waals surface area contributed by atoms with Crippen LogP contribution < -0.4 is 5.32 Å². The van der Waals surface area contributed by atoms with Crippen LogP contribution in [0.5, 0.6) is 0 Å². The fourth-order valence-electron chi connectivity index (χ4n) is 3.09. The molecule has 0 saturated heterocycles. The molecular weight excluding hydrogens is 394 g/mol. The maximum Gasteiger partial charge on any atom is 0.262 e. The number of imide groups is 1. The van der Waals surface area contributed by atoms with Crippen molar-refractivity contribution in [2.24, 2.45) is 0 Å². The van der Waals surface area contributed by atoms with Crippen molar-refractivity contribution in [1.82, 2.24) is 15.2 Å². The first-order valence-corrected chi connectivity index (χ1v) is 10.4. The summed E-state index contributed by atoms with van der Waals surface area (Å²) in [6, 6.07) is 9.66. The first-order valence-electron chi connectivity index (χ1n) is 8.71. The molecule has 1 unspecified atom stereocenters. The highest BCUT2D eigenvalue weighted by molar-refractivity contribution is 7.16. The van der Waals surface area contributed by atoms with Crippen molar-refractivity contribution in [1.29, 1.82) is 0 Å². The lowest BCUT2D eigenvalue weighted by molar-refractivity contribution is -0.124. The van der Waals surface area contributed by atoms with Crippen LogP contribution in [0.4, 0.5) is 0 Å². The molecule has 1 aliphatic rings. The van der Waals surface area contributed by atoms with Crippen LogP contribution in [0.1, 0.15) is 37.5 Å². The second-order valence-corrected chi connectivity index (χ2v) is 8.67. The third kappa shape index (κ3) is 3.25. The Morgan fingerprint density at radius 1 is 1.14 bits per heavy atom. The number of amides is 3. The molecule has 1 N–H and O–H groups in total. The Kier molecular flexibility index (Phi) is 4.82. The number of nitrogens with zero attached hydrogens (tertiary/aromatic N) is 2. The van der Waals surface area contributed by atoms with Crippen LogP contribution in [0.2, 0.25) is 0 Å². The molecule has 2 aromatic heterocycles. The van der Waals surface area contributed by atoms with Crippen LogP contribution in [0.25, 0.3) is 10.6 Å². The number of fused-ring (bicyclic) bond motifs is 1. The van der Waals surface area contributed by atoms with Gasteiger partial charge in [-0.15, -0.1) is 22.7 Å². The summed E-state index contributed by atoms with van der Waals surface area (Å²) >= 11 is 3.15. The second-order valence-electron chi connectivity index (χ2n) is 6.44. The molecule has 28 heavy (non-hydrogen) atoms.